The van der Waals surface area contributed by atoms with Gasteiger partial charge in [-0.05, 0) is 42.0 Å². The third-order valence-corrected chi connectivity index (χ3v) is 7.08. The van der Waals surface area contributed by atoms with Gasteiger partial charge < -0.3 is 59.4 Å². The number of aliphatic hydroxyl groups is 4. The van der Waals surface area contributed by atoms with Crippen molar-refractivity contribution in [2.45, 2.75) is 36.8 Å². The smallest absolute Gasteiger partial charge is 0.330 e. The van der Waals surface area contributed by atoms with Gasteiger partial charge in [-0.3, -0.25) is 0 Å². The van der Waals surface area contributed by atoms with Crippen molar-refractivity contribution in [2.75, 3.05) is 13.7 Å². The minimum absolute atomic E-state index is 0.0337. The summed E-state index contributed by atoms with van der Waals surface area (Å²) in [7, 11) is 1.37. The van der Waals surface area contributed by atoms with Gasteiger partial charge in [-0.25, -0.2) is 4.79 Å². The molecule has 0 spiro atoms. The molecule has 0 aliphatic carbocycles. The fraction of sp³-hybridized carbons (Fsp3) is 0.258. The van der Waals surface area contributed by atoms with Crippen LogP contribution in [0.5, 0.6) is 34.5 Å². The summed E-state index contributed by atoms with van der Waals surface area (Å²) in [4.78, 5) is 12.3. The maximum absolute atomic E-state index is 12.3. The first-order chi connectivity index (χ1) is 21.0. The summed E-state index contributed by atoms with van der Waals surface area (Å²) in [5.41, 5.74) is 1.27. The van der Waals surface area contributed by atoms with Crippen molar-refractivity contribution in [3.8, 4) is 34.5 Å². The van der Waals surface area contributed by atoms with Gasteiger partial charge in [0.1, 0.15) is 53.8 Å². The quantitative estimate of drug-likeness (QED) is 0.111. The van der Waals surface area contributed by atoms with Gasteiger partial charge in [-0.15, -0.1) is 0 Å². The molecule has 3 aromatic carbocycles. The first-order valence-corrected chi connectivity index (χ1v) is 13.4. The predicted molar refractivity (Wildman–Crippen MR) is 153 cm³/mol. The van der Waals surface area contributed by atoms with E-state index < -0.39 is 49.4 Å². The van der Waals surface area contributed by atoms with E-state index in [-0.39, 0.29) is 45.8 Å². The van der Waals surface area contributed by atoms with Crippen LogP contribution in [0.1, 0.15) is 22.8 Å². The molecule has 5 rings (SSSR count). The number of fused-ring (bicyclic) bond motifs is 1. The average molecular weight is 612 g/mol. The molecule has 232 valence electrons. The Morgan fingerprint density at radius 3 is 2.39 bits per heavy atom. The fourth-order valence-electron chi connectivity index (χ4n) is 4.74. The monoisotopic (exact) mass is 611 g/mol. The Kier molecular flexibility index (Phi) is 8.83. The minimum Gasteiger partial charge on any atom is -0.571 e. The van der Waals surface area contributed by atoms with Gasteiger partial charge in [-0.2, -0.15) is 0 Å². The molecule has 0 bridgehead atoms. The molecule has 8 N–H and O–H groups in total. The summed E-state index contributed by atoms with van der Waals surface area (Å²) in [6.45, 7) is -0.505. The molecular formula is C31H31O13+. The highest BCUT2D eigenvalue weighted by atomic mass is 16.7. The first kappa shape index (κ1) is 30.5. The number of ether oxygens (including phenoxy) is 5. The third kappa shape index (κ3) is 6.50. The van der Waals surface area contributed by atoms with Crippen molar-refractivity contribution in [3.05, 3.63) is 83.1 Å². The molecule has 0 amide bonds. The summed E-state index contributed by atoms with van der Waals surface area (Å²) in [6, 6.07) is 12.9. The van der Waals surface area contributed by atoms with E-state index in [1.165, 1.54) is 49.6 Å². The van der Waals surface area contributed by atoms with E-state index in [0.29, 0.717) is 11.1 Å². The van der Waals surface area contributed by atoms with Gasteiger partial charge >= 0.3 is 5.97 Å². The molecule has 44 heavy (non-hydrogen) atoms. The molecule has 13 heteroatoms. The van der Waals surface area contributed by atoms with Gasteiger partial charge in [0.05, 0.1) is 18.7 Å². The van der Waals surface area contributed by atoms with E-state index in [0.717, 1.165) is 12.1 Å². The van der Waals surface area contributed by atoms with Crippen LogP contribution < -0.4 is 4.74 Å². The van der Waals surface area contributed by atoms with Crippen LogP contribution in [0.4, 0.5) is 0 Å². The Balaban J connectivity index is 1.36. The second kappa shape index (κ2) is 12.7. The van der Waals surface area contributed by atoms with Crippen molar-refractivity contribution in [1.82, 2.24) is 0 Å². The van der Waals surface area contributed by atoms with Crippen LogP contribution in [0.25, 0.3) is 12.2 Å². The molecule has 1 saturated heterocycles. The second-order valence-electron chi connectivity index (χ2n) is 10.1. The lowest BCUT2D eigenvalue weighted by molar-refractivity contribution is -0.296. The fourth-order valence-corrected chi connectivity index (χ4v) is 4.74. The van der Waals surface area contributed by atoms with Crippen LogP contribution in [-0.4, -0.2) is 90.9 Å². The number of phenolic OH excluding ortho intramolecular Hbond substituents is 4. The molecule has 0 saturated carbocycles. The third-order valence-electron chi connectivity index (χ3n) is 7.08. The predicted octanol–water partition coefficient (Wildman–Crippen LogP) is 1.94. The number of aliphatic hydroxyl groups excluding tert-OH is 3. The Morgan fingerprint density at radius 1 is 0.909 bits per heavy atom. The summed E-state index contributed by atoms with van der Waals surface area (Å²) >= 11 is 0. The van der Waals surface area contributed by atoms with Crippen molar-refractivity contribution in [3.63, 3.8) is 0 Å². The Morgan fingerprint density at radius 2 is 1.66 bits per heavy atom. The number of methoxy groups -OCH3 is 1. The van der Waals surface area contributed by atoms with Crippen LogP contribution in [0, 0.1) is 0 Å². The number of aromatic hydroxyl groups is 5. The van der Waals surface area contributed by atoms with E-state index in [4.69, 9.17) is 18.9 Å². The zero-order valence-corrected chi connectivity index (χ0v) is 23.2. The van der Waals surface area contributed by atoms with Crippen molar-refractivity contribution < 1.29 is 64.2 Å². The molecule has 2 heterocycles. The van der Waals surface area contributed by atoms with Gasteiger partial charge in [0.15, 0.2) is 17.3 Å². The van der Waals surface area contributed by atoms with Crippen LogP contribution >= 0.6 is 0 Å². The van der Waals surface area contributed by atoms with E-state index in [2.05, 4.69) is 4.74 Å². The zero-order valence-electron chi connectivity index (χ0n) is 23.2. The van der Waals surface area contributed by atoms with E-state index in [9.17, 15) is 40.5 Å². The molecule has 6 atom stereocenters. The molecule has 2 aliphatic heterocycles. The number of hydrogen-bond acceptors (Lipinski definition) is 12. The second-order valence-corrected chi connectivity index (χ2v) is 10.1. The largest absolute Gasteiger partial charge is 0.571 e. The maximum Gasteiger partial charge on any atom is 0.330 e. The van der Waals surface area contributed by atoms with Crippen molar-refractivity contribution in [2.24, 2.45) is 0 Å². The topological polar surface area (TPSA) is 208 Å². The first-order valence-electron chi connectivity index (χ1n) is 13.4. The lowest BCUT2D eigenvalue weighted by Crippen LogP contribution is -2.59. The standard InChI is InChI=1S/C31H30O13/c1-40-23-10-16(5-8-20(23)34)30-24(13-19-21(35)11-18(33)12-22(19)42-30)43-31-29(39)28(38)27(37)25(44-31)14-41-26(36)9-4-15-2-6-17(32)7-3-15/h2-13,25,27-35,37-39H,14H2,1H3/p+1/b9-4+/t25-,27-,28+,29-,30?,31?/m1/s1. The molecule has 0 aromatic heterocycles. The number of phenols is 4. The molecule has 3 aromatic rings. The molecule has 13 nitrogen and oxygen atoms in total. The molecule has 0 radical (unpaired) electrons. The minimum atomic E-state index is -1.75. The van der Waals surface area contributed by atoms with Gasteiger partial charge in [0.25, 0.3) is 11.9 Å². The van der Waals surface area contributed by atoms with Crippen molar-refractivity contribution in [1.29, 1.82) is 0 Å². The van der Waals surface area contributed by atoms with E-state index >= 15 is 0 Å². The van der Waals surface area contributed by atoms with Crippen LogP contribution in [-0.2, 0) is 19.0 Å². The Labute approximate surface area is 250 Å². The van der Waals surface area contributed by atoms with Crippen LogP contribution in [0.3, 0.4) is 0 Å². The zero-order chi connectivity index (χ0) is 31.5. The van der Waals surface area contributed by atoms with Gasteiger partial charge in [0, 0.05) is 18.2 Å². The van der Waals surface area contributed by atoms with E-state index in [1.807, 2.05) is 0 Å². The normalized spacial score (nSPS) is 24.6. The number of carbonyl (C=O) groups is 1. The maximum atomic E-state index is 12.3. The Bertz CT molecular complexity index is 1570. The molecule has 2 unspecified atom stereocenters. The summed E-state index contributed by atoms with van der Waals surface area (Å²) < 4.78 is 26.7. The highest BCUT2D eigenvalue weighted by molar-refractivity contribution is 5.87. The Hall–Kier alpha value is -4.95. The average Bonchev–Trinajstić information content (AvgIpc) is 3.00. The number of esters is 1. The molecule has 1 fully saturated rings. The highest BCUT2D eigenvalue weighted by Crippen LogP contribution is 2.46. The van der Waals surface area contributed by atoms with Gasteiger partial charge in [0.2, 0.25) is 6.29 Å². The number of rotatable bonds is 8. The van der Waals surface area contributed by atoms with Crippen molar-refractivity contribution >= 4 is 18.1 Å². The number of benzene rings is 3. The highest BCUT2D eigenvalue weighted by Gasteiger charge is 2.47. The summed E-state index contributed by atoms with van der Waals surface area (Å²) in [6.07, 6.45) is -5.01. The number of carbonyl (C=O) groups excluding carboxylic acids is 1. The lowest BCUT2D eigenvalue weighted by atomic mass is 9.98. The summed E-state index contributed by atoms with van der Waals surface area (Å²) in [5.74, 6) is -0.997. The summed E-state index contributed by atoms with van der Waals surface area (Å²) in [5, 5.41) is 71.8. The lowest BCUT2D eigenvalue weighted by Gasteiger charge is -2.40. The van der Waals surface area contributed by atoms with Crippen LogP contribution in [0.15, 0.2) is 66.4 Å². The van der Waals surface area contributed by atoms with E-state index in [1.54, 1.807) is 18.2 Å². The number of hydrogen-bond donors (Lipinski definition) is 7. The molecule has 2 aliphatic rings. The van der Waals surface area contributed by atoms with Crippen LogP contribution in [0.2, 0.25) is 0 Å². The molecular weight excluding hydrogens is 580 g/mol. The SMILES string of the molecule is COc1cc(C2[OH+]c3cc(O)cc(O)c3C=C2OC2O[C@H](COC(=O)/C=C/c3ccc(O)cc3)[C@@H](O)[C@H](O)[C@H]2O)ccc1O. The van der Waals surface area contributed by atoms with Gasteiger partial charge in [-0.1, -0.05) is 12.1 Å².